The number of hydrogen-bond donors (Lipinski definition) is 1. The molecule has 7 heteroatoms. The molecule has 0 radical (unpaired) electrons. The number of rotatable bonds is 7. The Morgan fingerprint density at radius 3 is 2.44 bits per heavy atom. The van der Waals surface area contributed by atoms with Crippen LogP contribution >= 0.6 is 0 Å². The number of methoxy groups -OCH3 is 2. The van der Waals surface area contributed by atoms with Gasteiger partial charge in [-0.2, -0.15) is 0 Å². The summed E-state index contributed by atoms with van der Waals surface area (Å²) < 4.78 is 13.7. The Labute approximate surface area is 157 Å². The van der Waals surface area contributed by atoms with Crippen molar-refractivity contribution in [1.82, 2.24) is 14.5 Å². The molecular formula is C20H23N3O4. The highest BCUT2D eigenvalue weighted by molar-refractivity contribution is 5.78. The van der Waals surface area contributed by atoms with Crippen LogP contribution in [0.3, 0.4) is 0 Å². The van der Waals surface area contributed by atoms with E-state index in [0.717, 1.165) is 16.6 Å². The summed E-state index contributed by atoms with van der Waals surface area (Å²) in [6.07, 6.45) is 0.223. The fraction of sp³-hybridized carbons (Fsp3) is 0.300. The molecule has 1 aromatic heterocycles. The van der Waals surface area contributed by atoms with Gasteiger partial charge in [0.1, 0.15) is 0 Å². The van der Waals surface area contributed by atoms with Crippen molar-refractivity contribution in [3.8, 4) is 11.5 Å². The van der Waals surface area contributed by atoms with Crippen molar-refractivity contribution >= 4 is 16.9 Å². The molecule has 2 aromatic carbocycles. The second-order valence-electron chi connectivity index (χ2n) is 6.20. The molecule has 0 aliphatic rings. The van der Waals surface area contributed by atoms with Crippen LogP contribution in [-0.2, 0) is 24.9 Å². The van der Waals surface area contributed by atoms with Gasteiger partial charge in [0.15, 0.2) is 11.5 Å². The van der Waals surface area contributed by atoms with Gasteiger partial charge >= 0.3 is 5.69 Å². The van der Waals surface area contributed by atoms with Crippen LogP contribution in [0.25, 0.3) is 11.0 Å². The third kappa shape index (κ3) is 3.81. The van der Waals surface area contributed by atoms with E-state index < -0.39 is 0 Å². The molecule has 3 aromatic rings. The standard InChI is InChI=1S/C20H23N3O4/c1-22-15-6-4-5-7-16(15)23(20(22)25)11-10-19(24)21-13-14-8-9-17(26-2)18(12-14)27-3/h4-9,12H,10-11,13H2,1-3H3,(H,21,24). The summed E-state index contributed by atoms with van der Waals surface area (Å²) in [5.74, 6) is 1.14. The number of carbonyl (C=O) groups is 1. The Morgan fingerprint density at radius 1 is 1.04 bits per heavy atom. The number of fused-ring (bicyclic) bond motifs is 1. The topological polar surface area (TPSA) is 74.5 Å². The molecule has 0 saturated carbocycles. The molecule has 1 heterocycles. The maximum Gasteiger partial charge on any atom is 0.328 e. The summed E-state index contributed by atoms with van der Waals surface area (Å²) in [7, 11) is 4.88. The number of aryl methyl sites for hydroxylation is 2. The van der Waals surface area contributed by atoms with Gasteiger partial charge in [-0.25, -0.2) is 4.79 Å². The maximum atomic E-state index is 12.4. The van der Waals surface area contributed by atoms with Crippen LogP contribution in [0.1, 0.15) is 12.0 Å². The van der Waals surface area contributed by atoms with E-state index in [1.807, 2.05) is 36.4 Å². The quantitative estimate of drug-likeness (QED) is 0.692. The summed E-state index contributed by atoms with van der Waals surface area (Å²) in [5.41, 5.74) is 2.47. The van der Waals surface area contributed by atoms with E-state index in [2.05, 4.69) is 5.32 Å². The molecule has 0 aliphatic carbocycles. The molecular weight excluding hydrogens is 346 g/mol. The zero-order valence-electron chi connectivity index (χ0n) is 15.7. The van der Waals surface area contributed by atoms with Gasteiger partial charge in [-0.05, 0) is 29.8 Å². The van der Waals surface area contributed by atoms with Crippen molar-refractivity contribution < 1.29 is 14.3 Å². The number of carbonyl (C=O) groups excluding carboxylic acids is 1. The molecule has 0 spiro atoms. The minimum Gasteiger partial charge on any atom is -0.493 e. The fourth-order valence-electron chi connectivity index (χ4n) is 3.07. The SMILES string of the molecule is COc1ccc(CNC(=O)CCn2c(=O)n(C)c3ccccc32)cc1OC. The molecule has 0 fully saturated rings. The highest BCUT2D eigenvalue weighted by atomic mass is 16.5. The second kappa shape index (κ2) is 7.99. The highest BCUT2D eigenvalue weighted by Crippen LogP contribution is 2.27. The summed E-state index contributed by atoms with van der Waals surface area (Å²) in [5, 5.41) is 2.87. The Morgan fingerprint density at radius 2 is 1.74 bits per heavy atom. The van der Waals surface area contributed by atoms with Crippen LogP contribution in [-0.4, -0.2) is 29.3 Å². The van der Waals surface area contributed by atoms with E-state index in [1.54, 1.807) is 36.5 Å². The molecule has 0 aliphatic heterocycles. The van der Waals surface area contributed by atoms with Crippen molar-refractivity contribution in [1.29, 1.82) is 0 Å². The predicted octanol–water partition coefficient (Wildman–Crippen LogP) is 2.06. The highest BCUT2D eigenvalue weighted by Gasteiger charge is 2.11. The Balaban J connectivity index is 1.63. The zero-order valence-corrected chi connectivity index (χ0v) is 15.7. The summed E-state index contributed by atoms with van der Waals surface area (Å²) in [6, 6.07) is 13.1. The van der Waals surface area contributed by atoms with E-state index in [4.69, 9.17) is 9.47 Å². The van der Waals surface area contributed by atoms with Gasteiger partial charge in [-0.15, -0.1) is 0 Å². The molecule has 27 heavy (non-hydrogen) atoms. The summed E-state index contributed by atoms with van der Waals surface area (Å²) in [6.45, 7) is 0.710. The van der Waals surface area contributed by atoms with Crippen molar-refractivity contribution in [2.45, 2.75) is 19.5 Å². The first-order valence-electron chi connectivity index (χ1n) is 8.67. The molecule has 1 amide bonds. The number of nitrogens with zero attached hydrogens (tertiary/aromatic N) is 2. The molecule has 1 N–H and O–H groups in total. The molecule has 0 unspecified atom stereocenters. The number of aromatic nitrogens is 2. The number of imidazole rings is 1. The first-order valence-corrected chi connectivity index (χ1v) is 8.67. The van der Waals surface area contributed by atoms with E-state index >= 15 is 0 Å². The predicted molar refractivity (Wildman–Crippen MR) is 103 cm³/mol. The largest absolute Gasteiger partial charge is 0.493 e. The molecule has 142 valence electrons. The molecule has 7 nitrogen and oxygen atoms in total. The van der Waals surface area contributed by atoms with Gasteiger partial charge in [0.25, 0.3) is 0 Å². The number of benzene rings is 2. The monoisotopic (exact) mass is 369 g/mol. The third-order valence-electron chi connectivity index (χ3n) is 4.55. The smallest absolute Gasteiger partial charge is 0.328 e. The first kappa shape index (κ1) is 18.6. The maximum absolute atomic E-state index is 12.4. The summed E-state index contributed by atoms with van der Waals surface area (Å²) in [4.78, 5) is 24.6. The van der Waals surface area contributed by atoms with Crippen molar-refractivity contribution in [2.75, 3.05) is 14.2 Å². The van der Waals surface area contributed by atoms with Gasteiger partial charge in [-0.1, -0.05) is 18.2 Å². The zero-order chi connectivity index (χ0) is 19.4. The number of ether oxygens (including phenoxy) is 2. The molecule has 3 rings (SSSR count). The van der Waals surface area contributed by atoms with E-state index in [0.29, 0.717) is 24.6 Å². The average molecular weight is 369 g/mol. The van der Waals surface area contributed by atoms with Crippen molar-refractivity contribution in [2.24, 2.45) is 7.05 Å². The van der Waals surface area contributed by atoms with Gasteiger partial charge in [0.2, 0.25) is 5.91 Å². The number of hydrogen-bond acceptors (Lipinski definition) is 4. The lowest BCUT2D eigenvalue weighted by Crippen LogP contribution is -2.27. The van der Waals surface area contributed by atoms with E-state index in [-0.39, 0.29) is 18.0 Å². The third-order valence-corrected chi connectivity index (χ3v) is 4.55. The van der Waals surface area contributed by atoms with E-state index in [1.165, 1.54) is 0 Å². The lowest BCUT2D eigenvalue weighted by Gasteiger charge is -2.10. The minimum atomic E-state index is -0.121. The Kier molecular flexibility index (Phi) is 5.49. The van der Waals surface area contributed by atoms with Crippen LogP contribution < -0.4 is 20.5 Å². The van der Waals surface area contributed by atoms with Gasteiger partial charge in [0.05, 0.1) is 25.3 Å². The van der Waals surface area contributed by atoms with Crippen LogP contribution in [0.15, 0.2) is 47.3 Å². The Hall–Kier alpha value is -3.22. The number of para-hydroxylation sites is 2. The van der Waals surface area contributed by atoms with Crippen LogP contribution in [0.5, 0.6) is 11.5 Å². The van der Waals surface area contributed by atoms with Crippen molar-refractivity contribution in [3.05, 3.63) is 58.5 Å². The molecule has 0 atom stereocenters. The van der Waals surface area contributed by atoms with Crippen LogP contribution in [0.4, 0.5) is 0 Å². The lowest BCUT2D eigenvalue weighted by atomic mass is 10.2. The number of nitrogens with one attached hydrogen (secondary N) is 1. The van der Waals surface area contributed by atoms with Crippen molar-refractivity contribution in [3.63, 3.8) is 0 Å². The Bertz CT molecular complexity index is 1020. The van der Waals surface area contributed by atoms with Crippen LogP contribution in [0.2, 0.25) is 0 Å². The second-order valence-corrected chi connectivity index (χ2v) is 6.20. The van der Waals surface area contributed by atoms with Gasteiger partial charge < -0.3 is 14.8 Å². The van der Waals surface area contributed by atoms with E-state index in [9.17, 15) is 9.59 Å². The normalized spacial score (nSPS) is 10.8. The van der Waals surface area contributed by atoms with Gasteiger partial charge in [0, 0.05) is 26.6 Å². The van der Waals surface area contributed by atoms with Crippen LogP contribution in [0, 0.1) is 0 Å². The minimum absolute atomic E-state index is 0.121. The average Bonchev–Trinajstić information content (AvgIpc) is 2.95. The number of amides is 1. The fourth-order valence-corrected chi connectivity index (χ4v) is 3.07. The molecule has 0 saturated heterocycles. The summed E-state index contributed by atoms with van der Waals surface area (Å²) >= 11 is 0. The van der Waals surface area contributed by atoms with Gasteiger partial charge in [-0.3, -0.25) is 13.9 Å². The molecule has 0 bridgehead atoms. The first-order chi connectivity index (χ1) is 13.0. The lowest BCUT2D eigenvalue weighted by molar-refractivity contribution is -0.121.